The predicted molar refractivity (Wildman–Crippen MR) is 94.8 cm³/mol. The second kappa shape index (κ2) is 8.39. The van der Waals surface area contributed by atoms with Gasteiger partial charge >= 0.3 is 6.09 Å². The summed E-state index contributed by atoms with van der Waals surface area (Å²) in [6.07, 6.45) is 4.89. The SMILES string of the molecule is CC1CN(c2nccnc2OCCOc2ccc[n+]([O-])c2)CCN1C(=O)O. The molecule has 0 aromatic carbocycles. The van der Waals surface area contributed by atoms with E-state index < -0.39 is 6.09 Å². The van der Waals surface area contributed by atoms with Crippen LogP contribution in [0.15, 0.2) is 36.9 Å². The number of anilines is 1. The van der Waals surface area contributed by atoms with Crippen molar-refractivity contribution in [2.75, 3.05) is 37.7 Å². The number of ether oxygens (including phenoxy) is 2. The molecule has 1 amide bonds. The number of piperazine rings is 1. The number of carbonyl (C=O) groups is 1. The van der Waals surface area contributed by atoms with E-state index in [0.29, 0.717) is 41.8 Å². The highest BCUT2D eigenvalue weighted by Crippen LogP contribution is 2.25. The molecule has 0 aliphatic carbocycles. The molecule has 1 unspecified atom stereocenters. The molecule has 144 valence electrons. The molecule has 1 N–H and O–H groups in total. The standard InChI is InChI=1S/C17H21N5O5/c1-13-11-20(7-8-22(13)17(23)24)15-16(19-5-4-18-15)27-10-9-26-14-3-2-6-21(25)12-14/h2-6,12-13H,7-11H2,1H3,(H,23,24). The van der Waals surface area contributed by atoms with Gasteiger partial charge < -0.3 is 29.6 Å². The Morgan fingerprint density at radius 1 is 1.33 bits per heavy atom. The van der Waals surface area contributed by atoms with Crippen molar-refractivity contribution in [3.63, 3.8) is 0 Å². The summed E-state index contributed by atoms with van der Waals surface area (Å²) in [5.41, 5.74) is 0. The van der Waals surface area contributed by atoms with E-state index in [0.717, 1.165) is 0 Å². The van der Waals surface area contributed by atoms with Gasteiger partial charge in [0.15, 0.2) is 17.8 Å². The van der Waals surface area contributed by atoms with Crippen LogP contribution in [-0.4, -0.2) is 65.0 Å². The maximum absolute atomic E-state index is 11.2. The molecular weight excluding hydrogens is 354 g/mol. The van der Waals surface area contributed by atoms with Crippen molar-refractivity contribution in [3.05, 3.63) is 42.1 Å². The predicted octanol–water partition coefficient (Wildman–Crippen LogP) is 0.756. The van der Waals surface area contributed by atoms with E-state index in [2.05, 4.69) is 9.97 Å². The minimum Gasteiger partial charge on any atom is -0.619 e. The third-order valence-electron chi connectivity index (χ3n) is 4.16. The van der Waals surface area contributed by atoms with Gasteiger partial charge in [-0.3, -0.25) is 0 Å². The minimum atomic E-state index is -0.921. The number of amides is 1. The highest BCUT2D eigenvalue weighted by atomic mass is 16.5. The van der Waals surface area contributed by atoms with Crippen LogP contribution in [0.4, 0.5) is 10.6 Å². The Balaban J connectivity index is 1.57. The molecule has 0 radical (unpaired) electrons. The molecule has 1 saturated heterocycles. The van der Waals surface area contributed by atoms with Crippen molar-refractivity contribution in [1.29, 1.82) is 0 Å². The molecule has 0 bridgehead atoms. The van der Waals surface area contributed by atoms with E-state index >= 15 is 0 Å². The van der Waals surface area contributed by atoms with Crippen molar-refractivity contribution in [2.45, 2.75) is 13.0 Å². The number of hydrogen-bond acceptors (Lipinski definition) is 7. The quantitative estimate of drug-likeness (QED) is 0.447. The zero-order valence-electron chi connectivity index (χ0n) is 14.9. The summed E-state index contributed by atoms with van der Waals surface area (Å²) in [5.74, 6) is 1.39. The maximum Gasteiger partial charge on any atom is 0.407 e. The molecule has 1 atom stereocenters. The largest absolute Gasteiger partial charge is 0.619 e. The van der Waals surface area contributed by atoms with Gasteiger partial charge in [-0.15, -0.1) is 0 Å². The fourth-order valence-corrected chi connectivity index (χ4v) is 2.89. The molecule has 10 heteroatoms. The Kier molecular flexibility index (Phi) is 5.74. The number of nitrogens with zero attached hydrogens (tertiary/aromatic N) is 5. The smallest absolute Gasteiger partial charge is 0.407 e. The van der Waals surface area contributed by atoms with E-state index in [4.69, 9.17) is 9.47 Å². The summed E-state index contributed by atoms with van der Waals surface area (Å²) < 4.78 is 11.8. The molecule has 0 saturated carbocycles. The van der Waals surface area contributed by atoms with Crippen LogP contribution in [0.2, 0.25) is 0 Å². The molecule has 27 heavy (non-hydrogen) atoms. The lowest BCUT2D eigenvalue weighted by Gasteiger charge is -2.38. The Morgan fingerprint density at radius 2 is 2.11 bits per heavy atom. The van der Waals surface area contributed by atoms with Crippen molar-refractivity contribution >= 4 is 11.9 Å². The average molecular weight is 375 g/mol. The number of hydrogen-bond donors (Lipinski definition) is 1. The first kappa shape index (κ1) is 18.5. The zero-order chi connectivity index (χ0) is 19.2. The van der Waals surface area contributed by atoms with Crippen molar-refractivity contribution in [2.24, 2.45) is 0 Å². The lowest BCUT2D eigenvalue weighted by atomic mass is 10.2. The highest BCUT2D eigenvalue weighted by molar-refractivity contribution is 5.66. The molecular formula is C17H21N5O5. The Labute approximate surface area is 156 Å². The molecule has 1 aliphatic rings. The number of aromatic nitrogens is 3. The normalized spacial score (nSPS) is 16.9. The van der Waals surface area contributed by atoms with Crippen molar-refractivity contribution in [1.82, 2.24) is 14.9 Å². The van der Waals surface area contributed by atoms with E-state index in [1.165, 1.54) is 23.5 Å². The molecule has 3 heterocycles. The Morgan fingerprint density at radius 3 is 2.85 bits per heavy atom. The number of carboxylic acid groups (broad SMARTS) is 1. The van der Waals surface area contributed by atoms with Crippen LogP contribution in [-0.2, 0) is 0 Å². The highest BCUT2D eigenvalue weighted by Gasteiger charge is 2.29. The van der Waals surface area contributed by atoms with E-state index in [1.54, 1.807) is 18.3 Å². The van der Waals surface area contributed by atoms with Crippen LogP contribution >= 0.6 is 0 Å². The summed E-state index contributed by atoms with van der Waals surface area (Å²) >= 11 is 0. The second-order valence-electron chi connectivity index (χ2n) is 6.05. The van der Waals surface area contributed by atoms with Crippen LogP contribution < -0.4 is 19.1 Å². The summed E-state index contributed by atoms with van der Waals surface area (Å²) in [6.45, 7) is 3.72. The molecule has 1 aliphatic heterocycles. The van der Waals surface area contributed by atoms with Crippen LogP contribution in [0, 0.1) is 5.21 Å². The topological polar surface area (TPSA) is 115 Å². The zero-order valence-corrected chi connectivity index (χ0v) is 14.9. The van der Waals surface area contributed by atoms with Gasteiger partial charge in [-0.25, -0.2) is 14.8 Å². The summed E-state index contributed by atoms with van der Waals surface area (Å²) in [5, 5.41) is 20.4. The Bertz CT molecular complexity index is 790. The summed E-state index contributed by atoms with van der Waals surface area (Å²) in [6, 6.07) is 3.12. The molecule has 1 fully saturated rings. The van der Waals surface area contributed by atoms with Gasteiger partial charge in [0.2, 0.25) is 6.20 Å². The van der Waals surface area contributed by atoms with E-state index in [9.17, 15) is 15.1 Å². The van der Waals surface area contributed by atoms with E-state index in [-0.39, 0.29) is 19.3 Å². The van der Waals surface area contributed by atoms with E-state index in [1.807, 2.05) is 11.8 Å². The first-order chi connectivity index (χ1) is 13.0. The van der Waals surface area contributed by atoms with Crippen LogP contribution in [0.25, 0.3) is 0 Å². The monoisotopic (exact) mass is 375 g/mol. The third-order valence-corrected chi connectivity index (χ3v) is 4.16. The van der Waals surface area contributed by atoms with Crippen LogP contribution in [0.3, 0.4) is 0 Å². The lowest BCUT2D eigenvalue weighted by Crippen LogP contribution is -2.54. The molecule has 0 spiro atoms. The third kappa shape index (κ3) is 4.66. The molecule has 2 aromatic rings. The van der Waals surface area contributed by atoms with Crippen LogP contribution in [0.5, 0.6) is 11.6 Å². The van der Waals surface area contributed by atoms with Crippen molar-refractivity contribution in [3.8, 4) is 11.6 Å². The average Bonchev–Trinajstić information content (AvgIpc) is 2.65. The molecule has 3 rings (SSSR count). The minimum absolute atomic E-state index is 0.161. The van der Waals surface area contributed by atoms with Gasteiger partial charge in [0.05, 0.1) is 0 Å². The van der Waals surface area contributed by atoms with Gasteiger partial charge in [0.25, 0.3) is 5.88 Å². The van der Waals surface area contributed by atoms with Crippen molar-refractivity contribution < 1.29 is 24.1 Å². The number of pyridine rings is 1. The Hall–Kier alpha value is -3.30. The fourth-order valence-electron chi connectivity index (χ4n) is 2.89. The van der Waals surface area contributed by atoms with Gasteiger partial charge in [0, 0.05) is 44.1 Å². The van der Waals surface area contributed by atoms with Gasteiger partial charge in [-0.05, 0) is 13.0 Å². The summed E-state index contributed by atoms with van der Waals surface area (Å²) in [4.78, 5) is 23.1. The van der Waals surface area contributed by atoms with Crippen LogP contribution in [0.1, 0.15) is 6.92 Å². The lowest BCUT2D eigenvalue weighted by molar-refractivity contribution is -0.605. The van der Waals surface area contributed by atoms with Gasteiger partial charge in [-0.1, -0.05) is 0 Å². The first-order valence-electron chi connectivity index (χ1n) is 8.54. The van der Waals surface area contributed by atoms with Gasteiger partial charge in [0.1, 0.15) is 13.2 Å². The summed E-state index contributed by atoms with van der Waals surface area (Å²) in [7, 11) is 0. The fraction of sp³-hybridized carbons (Fsp3) is 0.412. The second-order valence-corrected chi connectivity index (χ2v) is 6.05. The molecule has 10 nitrogen and oxygen atoms in total. The number of rotatable bonds is 6. The van der Waals surface area contributed by atoms with Gasteiger partial charge in [-0.2, -0.15) is 4.73 Å². The first-order valence-corrected chi connectivity index (χ1v) is 8.54. The maximum atomic E-state index is 11.2. The molecule has 2 aromatic heterocycles.